The average Bonchev–Trinajstić information content (AvgIpc) is 3.23. The van der Waals surface area contributed by atoms with Crippen LogP contribution < -0.4 is 31.2 Å². The van der Waals surface area contributed by atoms with Crippen LogP contribution in [-0.4, -0.2) is 133 Å². The van der Waals surface area contributed by atoms with Crippen molar-refractivity contribution in [2.45, 2.75) is 96.8 Å². The molecule has 0 bridgehead atoms. The summed E-state index contributed by atoms with van der Waals surface area (Å²) in [5.74, 6) is -0.283. The number of fused-ring (bicyclic) bond motifs is 1. The number of carbonyl (C=O) groups excluding carboxylic acids is 3. The summed E-state index contributed by atoms with van der Waals surface area (Å²) in [7, 11) is 3.40. The van der Waals surface area contributed by atoms with Crippen molar-refractivity contribution >= 4 is 23.5 Å². The number of hydrogen-bond donors (Lipinski definition) is 3. The van der Waals surface area contributed by atoms with E-state index in [4.69, 9.17) is 44.6 Å². The van der Waals surface area contributed by atoms with E-state index >= 15 is 0 Å². The zero-order chi connectivity index (χ0) is 42.9. The molecule has 59 heavy (non-hydrogen) atoms. The van der Waals surface area contributed by atoms with Crippen LogP contribution in [0.1, 0.15) is 70.9 Å². The standard InChI is InChI=1S/C44H69N5O10/c1-29(2)41(46)43(51)49-25-37(57-27-31(5)59-44(52)42(30(3)4)47-39(50)24-45)40(33-12-14-34(15-13-33)55-21-9-8-19-53-6)38(26-49)58-28-32-11-16-36-35(23-32)48(18-22-56-36)17-10-20-54-7/h11-16,23,29-31,37-38,40-42H,8-10,17-22,24-28,45-46H2,1-7H3,(H,47,50)/t31-,37-,38+,40+,41+,42+/m1/s1. The molecule has 2 aliphatic rings. The molecule has 0 aromatic heterocycles. The molecule has 0 aliphatic carbocycles. The molecule has 15 nitrogen and oxygen atoms in total. The molecule has 0 saturated carbocycles. The fraction of sp³-hybridized carbons (Fsp3) is 0.659. The van der Waals surface area contributed by atoms with Gasteiger partial charge in [-0.3, -0.25) is 9.59 Å². The molecule has 2 aliphatic heterocycles. The Morgan fingerprint density at radius 3 is 2.22 bits per heavy atom. The lowest BCUT2D eigenvalue weighted by Gasteiger charge is -2.44. The van der Waals surface area contributed by atoms with Gasteiger partial charge in [0, 0.05) is 53.0 Å². The van der Waals surface area contributed by atoms with Crippen molar-refractivity contribution in [2.24, 2.45) is 23.3 Å². The Labute approximate surface area is 350 Å². The van der Waals surface area contributed by atoms with Crippen LogP contribution >= 0.6 is 0 Å². The van der Waals surface area contributed by atoms with E-state index in [2.05, 4.69) is 16.3 Å². The van der Waals surface area contributed by atoms with E-state index in [-0.39, 0.29) is 50.0 Å². The smallest absolute Gasteiger partial charge is 0.329 e. The molecule has 2 amide bonds. The van der Waals surface area contributed by atoms with E-state index in [0.717, 1.165) is 60.7 Å². The first-order valence-corrected chi connectivity index (χ1v) is 21.1. The molecule has 2 heterocycles. The van der Waals surface area contributed by atoms with Gasteiger partial charge in [-0.05, 0) is 73.4 Å². The van der Waals surface area contributed by atoms with Crippen molar-refractivity contribution in [1.29, 1.82) is 0 Å². The Morgan fingerprint density at radius 2 is 1.56 bits per heavy atom. The number of hydrogen-bond acceptors (Lipinski definition) is 13. The first-order chi connectivity index (χ1) is 28.4. The first kappa shape index (κ1) is 47.7. The van der Waals surface area contributed by atoms with Gasteiger partial charge in [0.1, 0.15) is 30.3 Å². The van der Waals surface area contributed by atoms with Crippen molar-refractivity contribution in [2.75, 3.05) is 84.9 Å². The number of esters is 1. The van der Waals surface area contributed by atoms with Crippen molar-refractivity contribution in [3.63, 3.8) is 0 Å². The highest BCUT2D eigenvalue weighted by Crippen LogP contribution is 2.37. The van der Waals surface area contributed by atoms with Gasteiger partial charge in [0.2, 0.25) is 11.8 Å². The van der Waals surface area contributed by atoms with E-state index in [1.807, 2.05) is 64.1 Å². The molecule has 15 heteroatoms. The van der Waals surface area contributed by atoms with Crippen LogP contribution in [0.15, 0.2) is 42.5 Å². The van der Waals surface area contributed by atoms with E-state index in [9.17, 15) is 14.4 Å². The van der Waals surface area contributed by atoms with Gasteiger partial charge in [0.15, 0.2) is 0 Å². The Kier molecular flexibility index (Phi) is 19.6. The highest BCUT2D eigenvalue weighted by atomic mass is 16.6. The minimum Gasteiger partial charge on any atom is -0.494 e. The van der Waals surface area contributed by atoms with E-state index in [0.29, 0.717) is 33.0 Å². The quantitative estimate of drug-likeness (QED) is 0.103. The third-order valence-electron chi connectivity index (χ3n) is 10.7. The molecular formula is C44H69N5O10. The minimum absolute atomic E-state index is 0.0277. The number of piperidine rings is 1. The molecule has 0 spiro atoms. The molecule has 1 fully saturated rings. The van der Waals surface area contributed by atoms with Gasteiger partial charge in [0.05, 0.1) is 56.8 Å². The second kappa shape index (κ2) is 24.3. The van der Waals surface area contributed by atoms with Crippen LogP contribution in [0.2, 0.25) is 0 Å². The molecule has 2 aromatic carbocycles. The fourth-order valence-corrected chi connectivity index (χ4v) is 7.26. The van der Waals surface area contributed by atoms with Crippen LogP contribution in [0.4, 0.5) is 5.69 Å². The van der Waals surface area contributed by atoms with Crippen LogP contribution in [0, 0.1) is 11.8 Å². The molecule has 6 atom stereocenters. The van der Waals surface area contributed by atoms with Crippen molar-refractivity contribution in [3.05, 3.63) is 53.6 Å². The zero-order valence-electron chi connectivity index (χ0n) is 36.2. The van der Waals surface area contributed by atoms with Gasteiger partial charge < -0.3 is 59.7 Å². The highest BCUT2D eigenvalue weighted by molar-refractivity contribution is 5.85. The topological polar surface area (TPSA) is 186 Å². The van der Waals surface area contributed by atoms with Crippen LogP contribution in [0.25, 0.3) is 0 Å². The first-order valence-electron chi connectivity index (χ1n) is 21.1. The summed E-state index contributed by atoms with van der Waals surface area (Å²) in [6.45, 7) is 14.0. The third-order valence-corrected chi connectivity index (χ3v) is 10.7. The SMILES string of the molecule is COCCCCOc1ccc([C@@H]2[C@@H](OCc3ccc4c(c3)N(CCCOC)CCO4)CN(C(=O)[C@@H](N)C(C)C)C[C@H]2OC[C@@H](C)OC(=O)[C@@H](NC(=O)CN)C(C)C)cc1. The summed E-state index contributed by atoms with van der Waals surface area (Å²) in [5, 5.41) is 2.65. The summed E-state index contributed by atoms with van der Waals surface area (Å²) >= 11 is 0. The van der Waals surface area contributed by atoms with Crippen molar-refractivity contribution in [1.82, 2.24) is 10.2 Å². The van der Waals surface area contributed by atoms with Crippen molar-refractivity contribution in [3.8, 4) is 11.5 Å². The molecule has 0 radical (unpaired) electrons. The average molecular weight is 828 g/mol. The summed E-state index contributed by atoms with van der Waals surface area (Å²) in [4.78, 5) is 43.2. The summed E-state index contributed by atoms with van der Waals surface area (Å²) in [6, 6.07) is 12.5. The maximum Gasteiger partial charge on any atom is 0.329 e. The molecule has 4 rings (SSSR count). The number of nitrogens with zero attached hydrogens (tertiary/aromatic N) is 2. The van der Waals surface area contributed by atoms with Gasteiger partial charge >= 0.3 is 5.97 Å². The second-order valence-corrected chi connectivity index (χ2v) is 16.1. The Bertz CT molecular complexity index is 1590. The zero-order valence-corrected chi connectivity index (χ0v) is 36.2. The van der Waals surface area contributed by atoms with Gasteiger partial charge in [-0.2, -0.15) is 0 Å². The van der Waals surface area contributed by atoms with Crippen LogP contribution in [0.5, 0.6) is 11.5 Å². The number of methoxy groups -OCH3 is 2. The Balaban J connectivity index is 1.62. The minimum atomic E-state index is -0.868. The number of nitrogens with two attached hydrogens (primary N) is 2. The lowest BCUT2D eigenvalue weighted by atomic mass is 9.84. The number of nitrogens with one attached hydrogen (secondary N) is 1. The number of amides is 2. The number of rotatable bonds is 24. The predicted octanol–water partition coefficient (Wildman–Crippen LogP) is 3.64. The van der Waals surface area contributed by atoms with Crippen molar-refractivity contribution < 1.29 is 47.5 Å². The molecule has 330 valence electrons. The normalized spacial score (nSPS) is 19.5. The monoisotopic (exact) mass is 828 g/mol. The molecule has 5 N–H and O–H groups in total. The van der Waals surface area contributed by atoms with E-state index < -0.39 is 42.3 Å². The molecule has 0 unspecified atom stereocenters. The molecule has 1 saturated heterocycles. The maximum atomic E-state index is 13.9. The van der Waals surface area contributed by atoms with Crippen LogP contribution in [-0.2, 0) is 44.7 Å². The summed E-state index contributed by atoms with van der Waals surface area (Å²) in [5.41, 5.74) is 14.9. The number of benzene rings is 2. The second-order valence-electron chi connectivity index (χ2n) is 16.1. The maximum absolute atomic E-state index is 13.9. The Morgan fingerprint density at radius 1 is 0.881 bits per heavy atom. The van der Waals surface area contributed by atoms with E-state index in [1.54, 1.807) is 26.0 Å². The number of likely N-dealkylation sites (tertiary alicyclic amines) is 1. The fourth-order valence-electron chi connectivity index (χ4n) is 7.26. The largest absolute Gasteiger partial charge is 0.494 e. The van der Waals surface area contributed by atoms with Gasteiger partial charge in [-0.25, -0.2) is 4.79 Å². The molecule has 2 aromatic rings. The number of carbonyl (C=O) groups is 3. The predicted molar refractivity (Wildman–Crippen MR) is 226 cm³/mol. The lowest BCUT2D eigenvalue weighted by molar-refractivity contribution is -0.162. The van der Waals surface area contributed by atoms with E-state index in [1.165, 1.54) is 0 Å². The third kappa shape index (κ3) is 14.3. The van der Waals surface area contributed by atoms with Crippen LogP contribution in [0.3, 0.4) is 0 Å². The summed E-state index contributed by atoms with van der Waals surface area (Å²) < 4.78 is 41.8. The Hall–Kier alpha value is -3.99. The molecular weight excluding hydrogens is 759 g/mol. The summed E-state index contributed by atoms with van der Waals surface area (Å²) in [6.07, 6.45) is 0.917. The lowest BCUT2D eigenvalue weighted by Crippen LogP contribution is -2.58. The number of ether oxygens (including phenoxy) is 7. The van der Waals surface area contributed by atoms with Gasteiger partial charge in [-0.15, -0.1) is 0 Å². The van der Waals surface area contributed by atoms with Gasteiger partial charge in [0.25, 0.3) is 0 Å². The number of unbranched alkanes of at least 4 members (excludes halogenated alkanes) is 1. The van der Waals surface area contributed by atoms with Gasteiger partial charge in [-0.1, -0.05) is 45.9 Å². The highest BCUT2D eigenvalue weighted by Gasteiger charge is 2.42. The number of anilines is 1.